The van der Waals surface area contributed by atoms with Crippen LogP contribution >= 0.6 is 0 Å². The van der Waals surface area contributed by atoms with Crippen LogP contribution < -0.4 is 5.73 Å². The Hall–Kier alpha value is -1.52. The van der Waals surface area contributed by atoms with Gasteiger partial charge in [-0.25, -0.2) is 0 Å². The number of hydrogen-bond acceptors (Lipinski definition) is 3. The molecular formula is C10H18N4O. The van der Waals surface area contributed by atoms with E-state index < -0.39 is 0 Å². The van der Waals surface area contributed by atoms with E-state index in [1.807, 2.05) is 11.7 Å². The molecule has 0 radical (unpaired) electrons. The maximum atomic E-state index is 8.53. The van der Waals surface area contributed by atoms with Crippen molar-refractivity contribution in [2.24, 2.45) is 17.9 Å². The van der Waals surface area contributed by atoms with Gasteiger partial charge in [-0.3, -0.25) is 4.68 Å². The van der Waals surface area contributed by atoms with Gasteiger partial charge >= 0.3 is 0 Å². The molecule has 15 heavy (non-hydrogen) atoms. The molecule has 0 fully saturated rings. The second kappa shape index (κ2) is 3.92. The maximum absolute atomic E-state index is 8.53. The molecule has 1 heterocycles. The molecule has 0 aromatic carbocycles. The predicted octanol–water partition coefficient (Wildman–Crippen LogP) is 1.01. The van der Waals surface area contributed by atoms with Gasteiger partial charge < -0.3 is 10.9 Å². The molecule has 0 atom stereocenters. The molecular weight excluding hydrogens is 192 g/mol. The fraction of sp³-hybridized carbons (Fsp3) is 0.600. The highest BCUT2D eigenvalue weighted by molar-refractivity contribution is 5.82. The van der Waals surface area contributed by atoms with Crippen molar-refractivity contribution in [1.82, 2.24) is 9.78 Å². The third kappa shape index (κ3) is 2.49. The quantitative estimate of drug-likeness (QED) is 0.331. The zero-order valence-electron chi connectivity index (χ0n) is 9.65. The fourth-order valence-corrected chi connectivity index (χ4v) is 1.81. The first-order chi connectivity index (χ1) is 6.86. The largest absolute Gasteiger partial charge is 0.409 e. The Morgan fingerprint density at radius 3 is 2.67 bits per heavy atom. The number of hydrogen-bond donors (Lipinski definition) is 2. The summed E-state index contributed by atoms with van der Waals surface area (Å²) in [6.45, 7) is 6.33. The lowest BCUT2D eigenvalue weighted by Crippen LogP contribution is -2.21. The Balaban J connectivity index is 3.10. The Morgan fingerprint density at radius 2 is 2.20 bits per heavy atom. The van der Waals surface area contributed by atoms with Crippen LogP contribution in [-0.4, -0.2) is 20.8 Å². The average molecular weight is 210 g/mol. The van der Waals surface area contributed by atoms with Crippen molar-refractivity contribution in [3.8, 4) is 0 Å². The number of nitrogens with two attached hydrogens (primary N) is 1. The fourth-order valence-electron chi connectivity index (χ4n) is 1.81. The Kier molecular flexibility index (Phi) is 3.02. The number of amidine groups is 1. The van der Waals surface area contributed by atoms with Crippen LogP contribution in [0.15, 0.2) is 11.4 Å². The minimum atomic E-state index is -0.00365. The van der Waals surface area contributed by atoms with E-state index in [2.05, 4.69) is 31.0 Å². The summed E-state index contributed by atoms with van der Waals surface area (Å²) in [5.74, 6) is 0.202. The summed E-state index contributed by atoms with van der Waals surface area (Å²) in [7, 11) is 1.90. The zero-order valence-corrected chi connectivity index (χ0v) is 9.65. The summed E-state index contributed by atoms with van der Waals surface area (Å²) >= 11 is 0. The lowest BCUT2D eigenvalue weighted by atomic mass is 9.88. The van der Waals surface area contributed by atoms with Gasteiger partial charge in [-0.05, 0) is 0 Å². The van der Waals surface area contributed by atoms with E-state index in [1.165, 1.54) is 0 Å². The SMILES string of the molecule is Cn1ncc(C/C(N)=N/O)c1C(C)(C)C. The maximum Gasteiger partial charge on any atom is 0.143 e. The zero-order chi connectivity index (χ0) is 11.6. The summed E-state index contributed by atoms with van der Waals surface area (Å²) in [5.41, 5.74) is 7.59. The first kappa shape index (κ1) is 11.6. The van der Waals surface area contributed by atoms with E-state index in [9.17, 15) is 0 Å². The van der Waals surface area contributed by atoms with Gasteiger partial charge in [-0.15, -0.1) is 0 Å². The molecule has 0 aliphatic heterocycles. The standard InChI is InChI=1S/C10H18N4O/c1-10(2,3)9-7(5-8(11)13-15)6-12-14(9)4/h6,15H,5H2,1-4H3,(H2,11,13). The molecule has 0 amide bonds. The molecule has 5 nitrogen and oxygen atoms in total. The first-order valence-electron chi connectivity index (χ1n) is 4.84. The molecule has 0 saturated heterocycles. The minimum absolute atomic E-state index is 0.00365. The highest BCUT2D eigenvalue weighted by Crippen LogP contribution is 2.25. The molecule has 3 N–H and O–H groups in total. The third-order valence-electron chi connectivity index (χ3n) is 2.22. The molecule has 5 heteroatoms. The van der Waals surface area contributed by atoms with E-state index in [1.54, 1.807) is 6.20 Å². The lowest BCUT2D eigenvalue weighted by Gasteiger charge is -2.20. The van der Waals surface area contributed by atoms with Crippen molar-refractivity contribution in [2.75, 3.05) is 0 Å². The van der Waals surface area contributed by atoms with Crippen LogP contribution in [-0.2, 0) is 18.9 Å². The molecule has 0 unspecified atom stereocenters. The summed E-state index contributed by atoms with van der Waals surface area (Å²) < 4.78 is 1.83. The summed E-state index contributed by atoms with van der Waals surface area (Å²) in [6, 6.07) is 0. The Bertz CT molecular complexity index is 373. The predicted molar refractivity (Wildman–Crippen MR) is 59.0 cm³/mol. The molecule has 1 aromatic rings. The van der Waals surface area contributed by atoms with E-state index >= 15 is 0 Å². The number of nitrogens with zero attached hydrogens (tertiary/aromatic N) is 3. The van der Waals surface area contributed by atoms with Crippen LogP contribution in [0.2, 0.25) is 0 Å². The average Bonchev–Trinajstić information content (AvgIpc) is 2.46. The van der Waals surface area contributed by atoms with E-state index in [4.69, 9.17) is 10.9 Å². The summed E-state index contributed by atoms with van der Waals surface area (Å²) in [6.07, 6.45) is 2.19. The molecule has 84 valence electrons. The van der Waals surface area contributed by atoms with Gasteiger partial charge in [0.1, 0.15) is 5.84 Å². The number of aromatic nitrogens is 2. The monoisotopic (exact) mass is 210 g/mol. The highest BCUT2D eigenvalue weighted by Gasteiger charge is 2.22. The molecule has 0 saturated carbocycles. The minimum Gasteiger partial charge on any atom is -0.409 e. The smallest absolute Gasteiger partial charge is 0.143 e. The van der Waals surface area contributed by atoms with Crippen LogP contribution in [0.3, 0.4) is 0 Å². The third-order valence-corrected chi connectivity index (χ3v) is 2.22. The number of rotatable bonds is 2. The lowest BCUT2D eigenvalue weighted by molar-refractivity contribution is 0.317. The van der Waals surface area contributed by atoms with Crippen LogP contribution in [0.4, 0.5) is 0 Å². The number of aryl methyl sites for hydroxylation is 1. The highest BCUT2D eigenvalue weighted by atomic mass is 16.4. The van der Waals surface area contributed by atoms with Gasteiger partial charge in [0.25, 0.3) is 0 Å². The van der Waals surface area contributed by atoms with Crippen molar-refractivity contribution < 1.29 is 5.21 Å². The van der Waals surface area contributed by atoms with Gasteiger partial charge in [0.2, 0.25) is 0 Å². The van der Waals surface area contributed by atoms with Crippen molar-refractivity contribution >= 4 is 5.84 Å². The molecule has 0 spiro atoms. The molecule has 0 aliphatic carbocycles. The van der Waals surface area contributed by atoms with E-state index in [0.717, 1.165) is 11.3 Å². The van der Waals surface area contributed by atoms with Gasteiger partial charge in [-0.1, -0.05) is 25.9 Å². The van der Waals surface area contributed by atoms with Crippen LogP contribution in [0.25, 0.3) is 0 Å². The van der Waals surface area contributed by atoms with Crippen LogP contribution in [0.5, 0.6) is 0 Å². The van der Waals surface area contributed by atoms with E-state index in [0.29, 0.717) is 6.42 Å². The van der Waals surface area contributed by atoms with Crippen LogP contribution in [0.1, 0.15) is 32.0 Å². The van der Waals surface area contributed by atoms with Crippen molar-refractivity contribution in [3.63, 3.8) is 0 Å². The van der Waals surface area contributed by atoms with Gasteiger partial charge in [0, 0.05) is 30.1 Å². The molecule has 1 rings (SSSR count). The molecule has 0 bridgehead atoms. The number of oxime groups is 1. The van der Waals surface area contributed by atoms with Crippen molar-refractivity contribution in [3.05, 3.63) is 17.5 Å². The summed E-state index contributed by atoms with van der Waals surface area (Å²) in [5, 5.41) is 15.7. The second-order valence-electron chi connectivity index (χ2n) is 4.66. The van der Waals surface area contributed by atoms with Gasteiger partial charge in [0.05, 0.1) is 6.20 Å². The van der Waals surface area contributed by atoms with E-state index in [-0.39, 0.29) is 11.3 Å². The van der Waals surface area contributed by atoms with Crippen molar-refractivity contribution in [2.45, 2.75) is 32.6 Å². The van der Waals surface area contributed by atoms with Gasteiger partial charge in [0.15, 0.2) is 0 Å². The molecule has 1 aromatic heterocycles. The second-order valence-corrected chi connectivity index (χ2v) is 4.66. The Labute approximate surface area is 89.6 Å². The normalized spacial score (nSPS) is 13.2. The van der Waals surface area contributed by atoms with Gasteiger partial charge in [-0.2, -0.15) is 5.10 Å². The first-order valence-corrected chi connectivity index (χ1v) is 4.84. The summed E-state index contributed by atoms with van der Waals surface area (Å²) in [4.78, 5) is 0. The topological polar surface area (TPSA) is 76.4 Å². The van der Waals surface area contributed by atoms with Crippen LogP contribution in [0, 0.1) is 0 Å². The van der Waals surface area contributed by atoms with Crippen molar-refractivity contribution in [1.29, 1.82) is 0 Å². The molecule has 0 aliphatic rings. The Morgan fingerprint density at radius 1 is 1.60 bits per heavy atom.